The van der Waals surface area contributed by atoms with E-state index in [1.807, 2.05) is 30.3 Å². The summed E-state index contributed by atoms with van der Waals surface area (Å²) in [6.07, 6.45) is 1.69. The van der Waals surface area contributed by atoms with Gasteiger partial charge in [0.15, 0.2) is 11.5 Å². The number of aromatic nitrogens is 2. The Morgan fingerprint density at radius 2 is 1.88 bits per heavy atom. The number of nitrogens with one attached hydrogen (secondary N) is 1. The van der Waals surface area contributed by atoms with Gasteiger partial charge in [-0.15, -0.1) is 0 Å². The summed E-state index contributed by atoms with van der Waals surface area (Å²) >= 11 is 6.09. The Bertz CT molecular complexity index is 947. The first-order chi connectivity index (χ1) is 12.6. The number of hydrogen-bond donors (Lipinski definition) is 1. The van der Waals surface area contributed by atoms with E-state index < -0.39 is 0 Å². The Hall–Kier alpha value is -2.99. The van der Waals surface area contributed by atoms with Crippen LogP contribution in [0, 0.1) is 0 Å². The lowest BCUT2D eigenvalue weighted by Gasteiger charge is -2.13. The summed E-state index contributed by atoms with van der Waals surface area (Å²) in [4.78, 5) is 8.57. The van der Waals surface area contributed by atoms with Gasteiger partial charge >= 0.3 is 0 Å². The van der Waals surface area contributed by atoms with E-state index in [9.17, 15) is 0 Å². The molecule has 0 atom stereocenters. The predicted octanol–water partition coefficient (Wildman–Crippen LogP) is 4.61. The lowest BCUT2D eigenvalue weighted by atomic mass is 10.2. The molecule has 1 heterocycles. The molecule has 0 fully saturated rings. The first kappa shape index (κ1) is 17.8. The van der Waals surface area contributed by atoms with Gasteiger partial charge in [0.1, 0.15) is 18.2 Å². The lowest BCUT2D eigenvalue weighted by Crippen LogP contribution is -2.00. The molecule has 1 N–H and O–H groups in total. The van der Waals surface area contributed by atoms with E-state index in [0.717, 1.165) is 16.8 Å². The van der Waals surface area contributed by atoms with Gasteiger partial charge in [0.05, 0.1) is 19.7 Å². The molecule has 0 unspecified atom stereocenters. The molecule has 0 spiro atoms. The summed E-state index contributed by atoms with van der Waals surface area (Å²) in [6, 6.07) is 11.1. The maximum Gasteiger partial charge on any atom is 0.224 e. The number of ether oxygens (including phenoxy) is 3. The van der Waals surface area contributed by atoms with Crippen molar-refractivity contribution in [3.63, 3.8) is 0 Å². The fourth-order valence-electron chi connectivity index (χ4n) is 2.48. The van der Waals surface area contributed by atoms with Gasteiger partial charge in [-0.2, -0.15) is 4.98 Å². The molecule has 0 bridgehead atoms. The first-order valence-corrected chi connectivity index (χ1v) is 8.22. The fraction of sp³-hybridized carbons (Fsp3) is 0.158. The topological polar surface area (TPSA) is 65.5 Å². The van der Waals surface area contributed by atoms with E-state index >= 15 is 0 Å². The summed E-state index contributed by atoms with van der Waals surface area (Å²) in [6.45, 7) is 4.08. The molecule has 7 heteroatoms. The summed E-state index contributed by atoms with van der Waals surface area (Å²) in [5, 5.41) is 4.14. The lowest BCUT2D eigenvalue weighted by molar-refractivity contribution is 0.356. The Labute approximate surface area is 156 Å². The highest BCUT2D eigenvalue weighted by molar-refractivity contribution is 6.28. The van der Waals surface area contributed by atoms with Crippen molar-refractivity contribution in [2.45, 2.75) is 0 Å². The van der Waals surface area contributed by atoms with E-state index in [4.69, 9.17) is 25.8 Å². The molecular weight excluding hydrogens is 354 g/mol. The van der Waals surface area contributed by atoms with Gasteiger partial charge < -0.3 is 19.5 Å². The van der Waals surface area contributed by atoms with Crippen molar-refractivity contribution in [1.29, 1.82) is 0 Å². The minimum Gasteiger partial charge on any atom is -0.493 e. The van der Waals surface area contributed by atoms with E-state index in [0.29, 0.717) is 29.4 Å². The maximum atomic E-state index is 6.09. The minimum atomic E-state index is 0.131. The second-order valence-electron chi connectivity index (χ2n) is 5.32. The highest BCUT2D eigenvalue weighted by Gasteiger charge is 2.13. The molecule has 3 aromatic rings. The Kier molecular flexibility index (Phi) is 5.43. The van der Waals surface area contributed by atoms with Crippen LogP contribution in [0.3, 0.4) is 0 Å². The minimum absolute atomic E-state index is 0.131. The SMILES string of the molecule is C=CCOc1cccc(Nc2nc(Cl)nc3cc(OC)c(OC)cc23)c1. The third-order valence-electron chi connectivity index (χ3n) is 3.64. The Morgan fingerprint density at radius 1 is 1.12 bits per heavy atom. The van der Waals surface area contributed by atoms with Crippen LogP contribution in [0.25, 0.3) is 10.9 Å². The standard InChI is InChI=1S/C19H18ClN3O3/c1-4-8-26-13-7-5-6-12(9-13)21-18-14-10-16(24-2)17(25-3)11-15(14)22-19(20)23-18/h4-7,9-11H,1,8H2,2-3H3,(H,21,22,23). The average molecular weight is 372 g/mol. The normalized spacial score (nSPS) is 10.4. The zero-order valence-corrected chi connectivity index (χ0v) is 15.2. The van der Waals surface area contributed by atoms with Crippen molar-refractivity contribution in [2.75, 3.05) is 26.1 Å². The smallest absolute Gasteiger partial charge is 0.224 e. The molecule has 0 saturated carbocycles. The van der Waals surface area contributed by atoms with Crippen LogP contribution < -0.4 is 19.5 Å². The highest BCUT2D eigenvalue weighted by Crippen LogP contribution is 2.35. The van der Waals surface area contributed by atoms with Gasteiger partial charge in [-0.1, -0.05) is 18.7 Å². The Balaban J connectivity index is 2.03. The molecule has 2 aromatic carbocycles. The third kappa shape index (κ3) is 3.81. The monoisotopic (exact) mass is 371 g/mol. The van der Waals surface area contributed by atoms with E-state index in [1.165, 1.54) is 0 Å². The largest absolute Gasteiger partial charge is 0.493 e. The number of halogens is 1. The van der Waals surface area contributed by atoms with Crippen molar-refractivity contribution in [3.8, 4) is 17.2 Å². The molecule has 0 aliphatic heterocycles. The zero-order chi connectivity index (χ0) is 18.5. The summed E-state index contributed by atoms with van der Waals surface area (Å²) in [5.41, 5.74) is 1.45. The number of benzene rings is 2. The third-order valence-corrected chi connectivity index (χ3v) is 3.81. The molecule has 6 nitrogen and oxygen atoms in total. The van der Waals surface area contributed by atoms with Crippen LogP contribution in [0.4, 0.5) is 11.5 Å². The van der Waals surface area contributed by atoms with Crippen LogP contribution in [0.1, 0.15) is 0 Å². The van der Waals surface area contributed by atoms with Gasteiger partial charge in [0.2, 0.25) is 5.28 Å². The quantitative estimate of drug-likeness (QED) is 0.483. The van der Waals surface area contributed by atoms with Crippen molar-refractivity contribution < 1.29 is 14.2 Å². The zero-order valence-electron chi connectivity index (χ0n) is 14.5. The van der Waals surface area contributed by atoms with Crippen molar-refractivity contribution in [3.05, 3.63) is 54.3 Å². The van der Waals surface area contributed by atoms with Crippen LogP contribution in [-0.2, 0) is 0 Å². The molecule has 26 heavy (non-hydrogen) atoms. The van der Waals surface area contributed by atoms with Gasteiger partial charge in [0, 0.05) is 23.2 Å². The van der Waals surface area contributed by atoms with Crippen LogP contribution in [-0.4, -0.2) is 30.8 Å². The number of fused-ring (bicyclic) bond motifs is 1. The summed E-state index contributed by atoms with van der Waals surface area (Å²) in [7, 11) is 3.15. The van der Waals surface area contributed by atoms with Crippen LogP contribution in [0.15, 0.2) is 49.1 Å². The highest BCUT2D eigenvalue weighted by atomic mass is 35.5. The van der Waals surface area contributed by atoms with E-state index in [2.05, 4.69) is 21.9 Å². The number of nitrogens with zero attached hydrogens (tertiary/aromatic N) is 2. The molecule has 0 saturated heterocycles. The molecule has 3 rings (SSSR count). The number of hydrogen-bond acceptors (Lipinski definition) is 6. The van der Waals surface area contributed by atoms with Gasteiger partial charge in [-0.3, -0.25) is 0 Å². The Morgan fingerprint density at radius 3 is 2.62 bits per heavy atom. The molecule has 0 aliphatic rings. The van der Waals surface area contributed by atoms with Crippen molar-refractivity contribution >= 4 is 34.0 Å². The number of rotatable bonds is 7. The van der Waals surface area contributed by atoms with Crippen molar-refractivity contribution in [1.82, 2.24) is 9.97 Å². The van der Waals surface area contributed by atoms with Crippen LogP contribution >= 0.6 is 11.6 Å². The number of anilines is 2. The maximum absolute atomic E-state index is 6.09. The fourth-order valence-corrected chi connectivity index (χ4v) is 2.65. The molecule has 0 radical (unpaired) electrons. The summed E-state index contributed by atoms with van der Waals surface area (Å²) in [5.74, 6) is 2.43. The average Bonchev–Trinajstić information content (AvgIpc) is 2.65. The first-order valence-electron chi connectivity index (χ1n) is 7.84. The molecular formula is C19H18ClN3O3. The second-order valence-corrected chi connectivity index (χ2v) is 5.66. The van der Waals surface area contributed by atoms with Crippen LogP contribution in [0.5, 0.6) is 17.2 Å². The summed E-state index contributed by atoms with van der Waals surface area (Å²) < 4.78 is 16.3. The molecule has 0 amide bonds. The second kappa shape index (κ2) is 7.93. The van der Waals surface area contributed by atoms with Crippen LogP contribution in [0.2, 0.25) is 5.28 Å². The predicted molar refractivity (Wildman–Crippen MR) is 103 cm³/mol. The van der Waals surface area contributed by atoms with Gasteiger partial charge in [0.25, 0.3) is 0 Å². The van der Waals surface area contributed by atoms with E-state index in [1.54, 1.807) is 26.4 Å². The molecule has 1 aromatic heterocycles. The van der Waals surface area contributed by atoms with Gasteiger partial charge in [-0.25, -0.2) is 4.98 Å². The molecule has 134 valence electrons. The van der Waals surface area contributed by atoms with Gasteiger partial charge in [-0.05, 0) is 29.8 Å². The van der Waals surface area contributed by atoms with Crippen molar-refractivity contribution in [2.24, 2.45) is 0 Å². The molecule has 0 aliphatic carbocycles. The van der Waals surface area contributed by atoms with E-state index in [-0.39, 0.29) is 5.28 Å². The number of methoxy groups -OCH3 is 2.